The normalized spacial score (nSPS) is 14.6. The largest absolute Gasteiger partial charge is 0.356 e. The molecule has 0 fully saturated rings. The van der Waals surface area contributed by atoms with E-state index in [0.29, 0.717) is 0 Å². The summed E-state index contributed by atoms with van der Waals surface area (Å²) in [5.74, 6) is 0. The Morgan fingerprint density at radius 1 is 1.07 bits per heavy atom. The smallest absolute Gasteiger partial charge is 0.183 e. The van der Waals surface area contributed by atoms with Gasteiger partial charge in [0.15, 0.2) is 12.6 Å². The first-order valence-corrected chi connectivity index (χ1v) is 4.87. The molecule has 0 saturated carbocycles. The van der Waals surface area contributed by atoms with Crippen molar-refractivity contribution in [1.82, 2.24) is 0 Å². The van der Waals surface area contributed by atoms with Crippen LogP contribution in [0.25, 0.3) is 0 Å². The molecule has 0 saturated heterocycles. The van der Waals surface area contributed by atoms with E-state index in [9.17, 15) is 0 Å². The summed E-state index contributed by atoms with van der Waals surface area (Å²) in [6, 6.07) is 9.61. The highest BCUT2D eigenvalue weighted by atomic mass is 16.8. The van der Waals surface area contributed by atoms with E-state index in [1.165, 1.54) is 0 Å². The summed E-state index contributed by atoms with van der Waals surface area (Å²) in [5.41, 5.74) is 3.68. The molecule has 1 aromatic rings. The molecule has 0 amide bonds. The van der Waals surface area contributed by atoms with Crippen LogP contribution in [0.5, 0.6) is 0 Å². The number of nitrogens with one attached hydrogen (secondary N) is 1. The van der Waals surface area contributed by atoms with Crippen molar-refractivity contribution in [1.29, 1.82) is 0 Å². The quantitative estimate of drug-likeness (QED) is 0.579. The molecule has 0 aliphatic heterocycles. The maximum Gasteiger partial charge on any atom is 0.183 e. The summed E-state index contributed by atoms with van der Waals surface area (Å²) in [5, 5.41) is 0. The molecule has 0 spiro atoms. The molecule has 1 N–H and O–H groups in total. The average Bonchev–Trinajstić information content (AvgIpc) is 2.27. The predicted octanol–water partition coefficient (Wildman–Crippen LogP) is 2.39. The van der Waals surface area contributed by atoms with Crippen LogP contribution >= 0.6 is 0 Å². The maximum absolute atomic E-state index is 5.31. The number of ether oxygens (including phenoxy) is 2. The summed E-state index contributed by atoms with van der Waals surface area (Å²) < 4.78 is 10.3. The van der Waals surface area contributed by atoms with Crippen molar-refractivity contribution in [3.8, 4) is 0 Å². The van der Waals surface area contributed by atoms with Crippen LogP contribution in [0.3, 0.4) is 0 Å². The molecule has 0 heterocycles. The van der Waals surface area contributed by atoms with Gasteiger partial charge in [0.1, 0.15) is 0 Å². The molecule has 84 valence electrons. The van der Waals surface area contributed by atoms with Crippen molar-refractivity contribution >= 4 is 5.69 Å². The van der Waals surface area contributed by atoms with Crippen LogP contribution in [0.4, 0.5) is 5.69 Å². The highest BCUT2D eigenvalue weighted by Crippen LogP contribution is 2.07. The lowest BCUT2D eigenvalue weighted by molar-refractivity contribution is -0.214. The van der Waals surface area contributed by atoms with Crippen molar-refractivity contribution in [2.45, 2.75) is 26.4 Å². The van der Waals surface area contributed by atoms with E-state index in [2.05, 4.69) is 5.48 Å². The number of methoxy groups -OCH3 is 1. The number of hydrogen-bond donors (Lipinski definition) is 1. The molecule has 1 aromatic carbocycles. The van der Waals surface area contributed by atoms with Gasteiger partial charge in [0.05, 0.1) is 5.69 Å². The number of para-hydroxylation sites is 1. The molecule has 15 heavy (non-hydrogen) atoms. The lowest BCUT2D eigenvalue weighted by Crippen LogP contribution is -2.23. The minimum Gasteiger partial charge on any atom is -0.356 e. The predicted molar refractivity (Wildman–Crippen MR) is 58.2 cm³/mol. The van der Waals surface area contributed by atoms with E-state index >= 15 is 0 Å². The second-order valence-electron chi connectivity index (χ2n) is 3.09. The van der Waals surface area contributed by atoms with E-state index in [4.69, 9.17) is 14.3 Å². The van der Waals surface area contributed by atoms with Crippen molar-refractivity contribution in [3.63, 3.8) is 0 Å². The molecule has 2 atom stereocenters. The first kappa shape index (κ1) is 12.0. The molecular formula is C11H17NO3. The van der Waals surface area contributed by atoms with Crippen molar-refractivity contribution in [2.75, 3.05) is 12.6 Å². The Morgan fingerprint density at radius 2 is 1.73 bits per heavy atom. The zero-order valence-electron chi connectivity index (χ0n) is 9.27. The number of benzene rings is 1. The van der Waals surface area contributed by atoms with Crippen molar-refractivity contribution in [2.24, 2.45) is 0 Å². The average molecular weight is 211 g/mol. The molecular weight excluding hydrogens is 194 g/mol. The van der Waals surface area contributed by atoms with Crippen LogP contribution < -0.4 is 5.48 Å². The van der Waals surface area contributed by atoms with Crippen LogP contribution in [-0.2, 0) is 14.3 Å². The lowest BCUT2D eigenvalue weighted by atomic mass is 10.3. The fourth-order valence-electron chi connectivity index (χ4n) is 1.01. The second-order valence-corrected chi connectivity index (χ2v) is 3.09. The molecule has 0 aromatic heterocycles. The monoisotopic (exact) mass is 211 g/mol. The molecule has 1 rings (SSSR count). The first-order chi connectivity index (χ1) is 7.22. The molecule has 0 aliphatic rings. The van der Waals surface area contributed by atoms with Gasteiger partial charge in [0, 0.05) is 7.11 Å². The Labute approximate surface area is 90.1 Å². The fourth-order valence-corrected chi connectivity index (χ4v) is 1.01. The Bertz CT molecular complexity index is 266. The Kier molecular flexibility index (Phi) is 5.10. The summed E-state index contributed by atoms with van der Waals surface area (Å²) in [6.07, 6.45) is -0.655. The number of anilines is 1. The van der Waals surface area contributed by atoms with Gasteiger partial charge in [-0.1, -0.05) is 18.2 Å². The van der Waals surface area contributed by atoms with Crippen LogP contribution in [0.1, 0.15) is 13.8 Å². The molecule has 0 bridgehead atoms. The van der Waals surface area contributed by atoms with Gasteiger partial charge in [-0.05, 0) is 26.0 Å². The van der Waals surface area contributed by atoms with Gasteiger partial charge in [-0.2, -0.15) is 0 Å². The van der Waals surface area contributed by atoms with Gasteiger partial charge < -0.3 is 9.47 Å². The zero-order chi connectivity index (χ0) is 11.1. The van der Waals surface area contributed by atoms with Crippen LogP contribution in [-0.4, -0.2) is 19.7 Å². The van der Waals surface area contributed by atoms with E-state index in [-0.39, 0.29) is 12.6 Å². The van der Waals surface area contributed by atoms with E-state index in [1.807, 2.05) is 37.3 Å². The summed E-state index contributed by atoms with van der Waals surface area (Å²) in [6.45, 7) is 3.60. The highest BCUT2D eigenvalue weighted by molar-refractivity contribution is 5.39. The van der Waals surface area contributed by atoms with Crippen LogP contribution in [0.2, 0.25) is 0 Å². The third-order valence-electron chi connectivity index (χ3n) is 1.83. The van der Waals surface area contributed by atoms with E-state index in [1.54, 1.807) is 14.0 Å². The third kappa shape index (κ3) is 4.78. The third-order valence-corrected chi connectivity index (χ3v) is 1.83. The maximum atomic E-state index is 5.31. The number of rotatable bonds is 6. The molecule has 4 heteroatoms. The summed E-state index contributed by atoms with van der Waals surface area (Å²) >= 11 is 0. The topological polar surface area (TPSA) is 39.7 Å². The highest BCUT2D eigenvalue weighted by Gasteiger charge is 2.07. The zero-order valence-corrected chi connectivity index (χ0v) is 9.27. The Morgan fingerprint density at radius 3 is 2.33 bits per heavy atom. The molecule has 2 unspecified atom stereocenters. The van der Waals surface area contributed by atoms with Gasteiger partial charge in [-0.25, -0.2) is 4.84 Å². The first-order valence-electron chi connectivity index (χ1n) is 4.87. The van der Waals surface area contributed by atoms with Crippen LogP contribution in [0.15, 0.2) is 30.3 Å². The van der Waals surface area contributed by atoms with E-state index in [0.717, 1.165) is 5.69 Å². The van der Waals surface area contributed by atoms with Gasteiger partial charge >= 0.3 is 0 Å². The second kappa shape index (κ2) is 6.40. The minimum absolute atomic E-state index is 0.280. The molecule has 0 aliphatic carbocycles. The summed E-state index contributed by atoms with van der Waals surface area (Å²) in [4.78, 5) is 5.25. The lowest BCUT2D eigenvalue weighted by Gasteiger charge is -2.18. The minimum atomic E-state index is -0.375. The van der Waals surface area contributed by atoms with E-state index < -0.39 is 0 Å². The van der Waals surface area contributed by atoms with Gasteiger partial charge in [0.25, 0.3) is 0 Å². The Hall–Kier alpha value is -1.10. The number of hydrogen-bond acceptors (Lipinski definition) is 4. The van der Waals surface area contributed by atoms with Gasteiger partial charge in [-0.15, -0.1) is 0 Å². The summed E-state index contributed by atoms with van der Waals surface area (Å²) in [7, 11) is 1.59. The fraction of sp³-hybridized carbons (Fsp3) is 0.455. The van der Waals surface area contributed by atoms with Gasteiger partial charge in [0.2, 0.25) is 0 Å². The van der Waals surface area contributed by atoms with Crippen LogP contribution in [0, 0.1) is 0 Å². The standard InChI is InChI=1S/C11H17NO3/c1-9(13-3)14-10(2)15-12-11-7-5-4-6-8-11/h4-10,12H,1-3H3. The molecule has 0 radical (unpaired) electrons. The van der Waals surface area contributed by atoms with Crippen molar-refractivity contribution in [3.05, 3.63) is 30.3 Å². The Balaban J connectivity index is 2.25. The van der Waals surface area contributed by atoms with Crippen molar-refractivity contribution < 1.29 is 14.3 Å². The van der Waals surface area contributed by atoms with Gasteiger partial charge in [-0.3, -0.25) is 5.48 Å². The SMILES string of the molecule is COC(C)OC(C)ONc1ccccc1. The molecule has 4 nitrogen and oxygen atoms in total.